The number of nitrogens with one attached hydrogen (secondary N) is 2. The summed E-state index contributed by atoms with van der Waals surface area (Å²) in [4.78, 5) is 24.4. The van der Waals surface area contributed by atoms with Crippen LogP contribution in [-0.4, -0.2) is 43.4 Å². The molecule has 0 saturated carbocycles. The van der Waals surface area contributed by atoms with Crippen molar-refractivity contribution in [2.24, 2.45) is 0 Å². The molecule has 0 saturated heterocycles. The van der Waals surface area contributed by atoms with Gasteiger partial charge in [0.15, 0.2) is 0 Å². The first-order valence-corrected chi connectivity index (χ1v) is 10.8. The third kappa shape index (κ3) is 6.90. The Hall–Kier alpha value is -3.68. The van der Waals surface area contributed by atoms with E-state index in [1.165, 1.54) is 0 Å². The number of amides is 2. The molecule has 2 amide bonds. The van der Waals surface area contributed by atoms with Crippen molar-refractivity contribution in [3.8, 4) is 5.75 Å². The molecule has 3 aromatic rings. The van der Waals surface area contributed by atoms with Crippen LogP contribution in [0.5, 0.6) is 5.75 Å². The molecular formula is C26H28N2O5. The summed E-state index contributed by atoms with van der Waals surface area (Å²) in [6.45, 7) is 3.71. The van der Waals surface area contributed by atoms with E-state index in [2.05, 4.69) is 5.32 Å². The van der Waals surface area contributed by atoms with Crippen LogP contribution < -0.4 is 15.5 Å². The van der Waals surface area contributed by atoms with Gasteiger partial charge in [-0.05, 0) is 48.6 Å². The molecule has 0 heterocycles. The molecule has 0 aliphatic rings. The second kappa shape index (κ2) is 12.4. The van der Waals surface area contributed by atoms with E-state index in [-0.39, 0.29) is 12.5 Å². The number of fused-ring (bicyclic) bond motifs is 1. The van der Waals surface area contributed by atoms with Crippen molar-refractivity contribution in [2.45, 2.75) is 13.3 Å². The molecule has 0 aliphatic carbocycles. The van der Waals surface area contributed by atoms with Crippen molar-refractivity contribution in [3.63, 3.8) is 0 Å². The van der Waals surface area contributed by atoms with Crippen LogP contribution in [0, 0.1) is 0 Å². The summed E-state index contributed by atoms with van der Waals surface area (Å²) in [6, 6.07) is 20.2. The number of hydroxylamine groups is 1. The fourth-order valence-electron chi connectivity index (χ4n) is 3.28. The average molecular weight is 449 g/mol. The number of benzene rings is 3. The Morgan fingerprint density at radius 2 is 1.76 bits per heavy atom. The number of carbonyl (C=O) groups is 2. The van der Waals surface area contributed by atoms with Gasteiger partial charge in [-0.3, -0.25) is 14.8 Å². The first-order valence-electron chi connectivity index (χ1n) is 10.8. The van der Waals surface area contributed by atoms with Gasteiger partial charge in [-0.1, -0.05) is 48.5 Å². The lowest BCUT2D eigenvalue weighted by molar-refractivity contribution is -0.117. The minimum Gasteiger partial charge on any atom is -0.488 e. The zero-order chi connectivity index (χ0) is 23.5. The SMILES string of the molecule is CCOCCCNC(=O)/C(=C/c1ccc(C(=O)NO)cc1)COc1cccc2ccccc12. The number of hydrogen-bond donors (Lipinski definition) is 3. The Morgan fingerprint density at radius 3 is 2.52 bits per heavy atom. The Bertz CT molecular complexity index is 1100. The molecule has 0 fully saturated rings. The van der Waals surface area contributed by atoms with E-state index in [4.69, 9.17) is 14.7 Å². The summed E-state index contributed by atoms with van der Waals surface area (Å²) < 4.78 is 11.4. The minimum absolute atomic E-state index is 0.0736. The molecule has 0 unspecified atom stereocenters. The van der Waals surface area contributed by atoms with Gasteiger partial charge in [-0.25, -0.2) is 5.48 Å². The largest absolute Gasteiger partial charge is 0.488 e. The predicted octanol–water partition coefficient (Wildman–Crippen LogP) is 3.96. The first kappa shape index (κ1) is 24.0. The van der Waals surface area contributed by atoms with Crippen molar-refractivity contribution >= 4 is 28.7 Å². The highest BCUT2D eigenvalue weighted by molar-refractivity contribution is 5.98. The highest BCUT2D eigenvalue weighted by Crippen LogP contribution is 2.25. The maximum atomic E-state index is 12.9. The van der Waals surface area contributed by atoms with Gasteiger partial charge in [0.1, 0.15) is 12.4 Å². The van der Waals surface area contributed by atoms with E-state index < -0.39 is 5.91 Å². The molecule has 3 N–H and O–H groups in total. The van der Waals surface area contributed by atoms with E-state index in [9.17, 15) is 9.59 Å². The summed E-state index contributed by atoms with van der Waals surface area (Å²) in [6.07, 6.45) is 2.44. The van der Waals surface area contributed by atoms with Crippen molar-refractivity contribution in [2.75, 3.05) is 26.4 Å². The maximum absolute atomic E-state index is 12.9. The lowest BCUT2D eigenvalue weighted by atomic mass is 10.1. The Balaban J connectivity index is 1.77. The lowest BCUT2D eigenvalue weighted by Gasteiger charge is -2.13. The topological polar surface area (TPSA) is 96.9 Å². The molecule has 7 heteroatoms. The molecule has 0 aromatic heterocycles. The maximum Gasteiger partial charge on any atom is 0.274 e. The fourth-order valence-corrected chi connectivity index (χ4v) is 3.28. The third-order valence-electron chi connectivity index (χ3n) is 4.99. The first-order chi connectivity index (χ1) is 16.1. The third-order valence-corrected chi connectivity index (χ3v) is 4.99. The molecule has 33 heavy (non-hydrogen) atoms. The van der Waals surface area contributed by atoms with Crippen molar-refractivity contribution in [1.29, 1.82) is 0 Å². The highest BCUT2D eigenvalue weighted by Gasteiger charge is 2.12. The van der Waals surface area contributed by atoms with E-state index >= 15 is 0 Å². The van der Waals surface area contributed by atoms with E-state index in [0.29, 0.717) is 43.1 Å². The summed E-state index contributed by atoms with van der Waals surface area (Å²) in [5.74, 6) is -0.140. The average Bonchev–Trinajstić information content (AvgIpc) is 2.86. The summed E-state index contributed by atoms with van der Waals surface area (Å²) >= 11 is 0. The van der Waals surface area contributed by atoms with Gasteiger partial charge in [0.05, 0.1) is 5.57 Å². The minimum atomic E-state index is -0.600. The fraction of sp³-hybridized carbons (Fsp3) is 0.231. The second-order valence-electron chi connectivity index (χ2n) is 7.30. The van der Waals surface area contributed by atoms with Crippen LogP contribution in [0.4, 0.5) is 0 Å². The molecule has 7 nitrogen and oxygen atoms in total. The molecule has 172 valence electrons. The summed E-state index contributed by atoms with van der Waals surface area (Å²) in [5, 5.41) is 13.7. The van der Waals surface area contributed by atoms with E-state index in [1.807, 2.05) is 49.4 Å². The van der Waals surface area contributed by atoms with Gasteiger partial charge in [0.25, 0.3) is 11.8 Å². The van der Waals surface area contributed by atoms with Crippen molar-refractivity contribution < 1.29 is 24.3 Å². The standard InChI is InChI=1S/C26H28N2O5/c1-2-32-16-6-15-27-25(29)22(17-19-11-13-21(14-12-19)26(30)28-31)18-33-24-10-5-8-20-7-3-4-9-23(20)24/h3-5,7-14,17,31H,2,6,15-16,18H2,1H3,(H,27,29)(H,28,30)/b22-17+. The van der Waals surface area contributed by atoms with Crippen molar-refractivity contribution in [1.82, 2.24) is 10.8 Å². The monoisotopic (exact) mass is 448 g/mol. The number of hydrogen-bond acceptors (Lipinski definition) is 5. The second-order valence-corrected chi connectivity index (χ2v) is 7.30. The quantitative estimate of drug-likeness (QED) is 0.179. The molecule has 0 spiro atoms. The molecule has 3 rings (SSSR count). The normalized spacial score (nSPS) is 11.3. The van der Waals surface area contributed by atoms with Crippen LogP contribution in [-0.2, 0) is 9.53 Å². The van der Waals surface area contributed by atoms with Crippen LogP contribution in [0.25, 0.3) is 16.8 Å². The van der Waals surface area contributed by atoms with Crippen LogP contribution in [0.2, 0.25) is 0 Å². The zero-order valence-electron chi connectivity index (χ0n) is 18.5. The van der Waals surface area contributed by atoms with Gasteiger partial charge in [0, 0.05) is 30.7 Å². The Labute approximate surface area is 193 Å². The van der Waals surface area contributed by atoms with Crippen molar-refractivity contribution in [3.05, 3.63) is 83.4 Å². The number of ether oxygens (including phenoxy) is 2. The molecule has 3 aromatic carbocycles. The molecule has 0 atom stereocenters. The lowest BCUT2D eigenvalue weighted by Crippen LogP contribution is -2.29. The van der Waals surface area contributed by atoms with Gasteiger partial charge in [0.2, 0.25) is 0 Å². The molecule has 0 radical (unpaired) electrons. The Morgan fingerprint density at radius 1 is 1.00 bits per heavy atom. The van der Waals surface area contributed by atoms with E-state index in [1.54, 1.807) is 35.8 Å². The number of carbonyl (C=O) groups excluding carboxylic acids is 2. The molecular weight excluding hydrogens is 420 g/mol. The molecule has 0 aliphatic heterocycles. The summed E-state index contributed by atoms with van der Waals surface area (Å²) in [5.41, 5.74) is 3.08. The highest BCUT2D eigenvalue weighted by atomic mass is 16.5. The van der Waals surface area contributed by atoms with Gasteiger partial charge >= 0.3 is 0 Å². The number of rotatable bonds is 11. The van der Waals surface area contributed by atoms with Crippen LogP contribution in [0.3, 0.4) is 0 Å². The smallest absolute Gasteiger partial charge is 0.274 e. The predicted molar refractivity (Wildman–Crippen MR) is 127 cm³/mol. The van der Waals surface area contributed by atoms with Gasteiger partial charge < -0.3 is 14.8 Å². The zero-order valence-corrected chi connectivity index (χ0v) is 18.5. The van der Waals surface area contributed by atoms with Gasteiger partial charge in [-0.15, -0.1) is 0 Å². The Kier molecular flexibility index (Phi) is 8.99. The molecule has 0 bridgehead atoms. The van der Waals surface area contributed by atoms with Gasteiger partial charge in [-0.2, -0.15) is 0 Å². The van der Waals surface area contributed by atoms with Crippen LogP contribution in [0.1, 0.15) is 29.3 Å². The van der Waals surface area contributed by atoms with Crippen LogP contribution >= 0.6 is 0 Å². The summed E-state index contributed by atoms with van der Waals surface area (Å²) in [7, 11) is 0. The van der Waals surface area contributed by atoms with E-state index in [0.717, 1.165) is 16.3 Å². The van der Waals surface area contributed by atoms with Crippen LogP contribution in [0.15, 0.2) is 72.3 Å².